The van der Waals surface area contributed by atoms with Crippen LogP contribution in [0.1, 0.15) is 0 Å². The van der Waals surface area contributed by atoms with Crippen LogP contribution in [-0.4, -0.2) is 30.9 Å². The Morgan fingerprint density at radius 3 is 2.59 bits per heavy atom. The molecule has 2 aromatic carbocycles. The zero-order valence-corrected chi connectivity index (χ0v) is 18.6. The van der Waals surface area contributed by atoms with E-state index in [9.17, 15) is 9.00 Å². The Kier molecular flexibility index (Phi) is 5.68. The first-order chi connectivity index (χ1) is 15.2. The van der Waals surface area contributed by atoms with Crippen molar-refractivity contribution in [3.05, 3.63) is 78.6 Å². The number of fused-ring (bicyclic) bond motifs is 1. The molecule has 1 unspecified atom stereocenters. The topological polar surface area (TPSA) is 113 Å². The molecule has 0 aliphatic rings. The van der Waals surface area contributed by atoms with E-state index in [0.717, 1.165) is 10.9 Å². The maximum atomic E-state index is 11.8. The minimum Gasteiger partial charge on any atom is -0.324 e. The van der Waals surface area contributed by atoms with Crippen molar-refractivity contribution in [1.82, 2.24) is 14.5 Å². The summed E-state index contributed by atoms with van der Waals surface area (Å²) in [6.45, 7) is 3.45. The monoisotopic (exact) mass is 466 g/mol. The van der Waals surface area contributed by atoms with E-state index in [0.29, 0.717) is 33.1 Å². The van der Waals surface area contributed by atoms with Crippen molar-refractivity contribution in [3.63, 3.8) is 0 Å². The number of nitrogens with one attached hydrogen (secondary N) is 3. The second kappa shape index (κ2) is 8.45. The van der Waals surface area contributed by atoms with Crippen molar-refractivity contribution in [2.75, 3.05) is 16.9 Å². The van der Waals surface area contributed by atoms with Crippen LogP contribution in [0.5, 0.6) is 0 Å². The lowest BCUT2D eigenvalue weighted by molar-refractivity contribution is -0.111. The Hall–Kier alpha value is -3.69. The number of amides is 1. The largest absolute Gasteiger partial charge is 0.324 e. The smallest absolute Gasteiger partial charge is 0.247 e. The maximum absolute atomic E-state index is 11.8. The van der Waals surface area contributed by atoms with E-state index in [2.05, 4.69) is 27.2 Å². The summed E-state index contributed by atoms with van der Waals surface area (Å²) in [6, 6.07) is 14.1. The number of halogens is 1. The fourth-order valence-electron chi connectivity index (χ4n) is 3.11. The lowest BCUT2D eigenvalue weighted by atomic mass is 10.2. The summed E-state index contributed by atoms with van der Waals surface area (Å²) in [5.74, 6) is 0.536. The Bertz CT molecular complexity index is 1450. The van der Waals surface area contributed by atoms with Gasteiger partial charge in [-0.2, -0.15) is 4.98 Å². The lowest BCUT2D eigenvalue weighted by Crippen LogP contribution is -2.07. The molecule has 162 valence electrons. The van der Waals surface area contributed by atoms with Crippen LogP contribution in [0.3, 0.4) is 0 Å². The highest BCUT2D eigenvalue weighted by atomic mass is 35.5. The third-order valence-corrected chi connectivity index (χ3v) is 6.10. The quantitative estimate of drug-likeness (QED) is 0.347. The number of benzene rings is 2. The van der Waals surface area contributed by atoms with E-state index in [1.807, 2.05) is 29.0 Å². The molecular formula is C22H19ClN6O2S. The number of carbonyl (C=O) groups is 1. The van der Waals surface area contributed by atoms with Gasteiger partial charge in [-0.05, 0) is 54.6 Å². The van der Waals surface area contributed by atoms with Crippen molar-refractivity contribution in [1.29, 1.82) is 4.78 Å². The van der Waals surface area contributed by atoms with Crippen LogP contribution in [0.25, 0.3) is 16.7 Å². The minimum atomic E-state index is -2.77. The number of aromatic nitrogens is 3. The molecule has 4 aromatic rings. The first-order valence-electron chi connectivity index (χ1n) is 9.43. The van der Waals surface area contributed by atoms with Crippen molar-refractivity contribution in [2.45, 2.75) is 4.90 Å². The summed E-state index contributed by atoms with van der Waals surface area (Å²) in [4.78, 5) is 20.8. The fraction of sp³-hybridized carbons (Fsp3) is 0.0455. The van der Waals surface area contributed by atoms with Gasteiger partial charge in [-0.1, -0.05) is 18.2 Å². The second-order valence-electron chi connectivity index (χ2n) is 7.01. The third-order valence-electron chi connectivity index (χ3n) is 4.66. The Balaban J connectivity index is 1.65. The summed E-state index contributed by atoms with van der Waals surface area (Å²) in [5, 5.41) is 7.09. The van der Waals surface area contributed by atoms with Crippen molar-refractivity contribution in [2.24, 2.45) is 0 Å². The Morgan fingerprint density at radius 1 is 1.19 bits per heavy atom. The van der Waals surface area contributed by atoms with Gasteiger partial charge in [0.25, 0.3) is 0 Å². The van der Waals surface area contributed by atoms with Gasteiger partial charge in [-0.15, -0.1) is 0 Å². The van der Waals surface area contributed by atoms with E-state index >= 15 is 0 Å². The standard InChI is InChI=1S/C22H19ClN6O2S/c1-3-20(30)26-16-6-9-19-14(12-16)10-11-29(19)21-18(23)13-25-22(28-21)27-15-4-7-17(8-5-15)32(2,24)31/h3-13,24H,1H2,2H3,(H,26,30)(H,25,27,28). The molecule has 2 heterocycles. The summed E-state index contributed by atoms with van der Waals surface area (Å²) >= 11 is 6.39. The second-order valence-corrected chi connectivity index (χ2v) is 9.58. The van der Waals surface area contributed by atoms with Crippen LogP contribution in [-0.2, 0) is 14.5 Å². The molecule has 1 atom stereocenters. The molecule has 4 rings (SSSR count). The van der Waals surface area contributed by atoms with Gasteiger partial charge in [0.1, 0.15) is 5.02 Å². The van der Waals surface area contributed by atoms with Crippen molar-refractivity contribution >= 4 is 55.5 Å². The maximum Gasteiger partial charge on any atom is 0.247 e. The predicted molar refractivity (Wildman–Crippen MR) is 127 cm³/mol. The average molecular weight is 467 g/mol. The number of nitrogens with zero attached hydrogens (tertiary/aromatic N) is 3. The molecule has 3 N–H and O–H groups in total. The van der Waals surface area contributed by atoms with Crippen LogP contribution in [0, 0.1) is 4.78 Å². The first-order valence-corrected chi connectivity index (χ1v) is 11.8. The van der Waals surface area contributed by atoms with Crippen molar-refractivity contribution in [3.8, 4) is 5.82 Å². The van der Waals surface area contributed by atoms with E-state index in [-0.39, 0.29) is 5.91 Å². The molecule has 0 saturated carbocycles. The highest BCUT2D eigenvalue weighted by molar-refractivity contribution is 7.91. The zero-order valence-electron chi connectivity index (χ0n) is 17.0. The molecule has 0 aliphatic carbocycles. The fourth-order valence-corrected chi connectivity index (χ4v) is 3.95. The number of rotatable bonds is 6. The lowest BCUT2D eigenvalue weighted by Gasteiger charge is -2.11. The van der Waals surface area contributed by atoms with Crippen LogP contribution < -0.4 is 10.6 Å². The summed E-state index contributed by atoms with van der Waals surface area (Å²) in [7, 11) is -2.77. The molecule has 32 heavy (non-hydrogen) atoms. The minimum absolute atomic E-state index is 0.282. The molecule has 0 fully saturated rings. The zero-order chi connectivity index (χ0) is 22.9. The number of hydrogen-bond donors (Lipinski definition) is 3. The van der Waals surface area contributed by atoms with E-state index < -0.39 is 9.73 Å². The van der Waals surface area contributed by atoms with Gasteiger partial charge in [0.15, 0.2) is 5.82 Å². The molecule has 10 heteroatoms. The molecule has 0 radical (unpaired) electrons. The summed E-state index contributed by atoms with van der Waals surface area (Å²) in [5.41, 5.74) is 2.19. The predicted octanol–water partition coefficient (Wildman–Crippen LogP) is 4.98. The van der Waals surface area contributed by atoms with Crippen molar-refractivity contribution < 1.29 is 9.00 Å². The van der Waals surface area contributed by atoms with Crippen LogP contribution >= 0.6 is 11.6 Å². The number of carbonyl (C=O) groups excluding carboxylic acids is 1. The molecule has 8 nitrogen and oxygen atoms in total. The van der Waals surface area contributed by atoms with Gasteiger partial charge in [0.05, 0.1) is 21.4 Å². The summed E-state index contributed by atoms with van der Waals surface area (Å²) in [6.07, 6.45) is 5.93. The average Bonchev–Trinajstić information content (AvgIpc) is 3.18. The molecule has 2 aromatic heterocycles. The van der Waals surface area contributed by atoms with E-state index in [1.165, 1.54) is 18.5 Å². The Morgan fingerprint density at radius 2 is 1.91 bits per heavy atom. The summed E-state index contributed by atoms with van der Waals surface area (Å²) < 4.78 is 21.3. The third kappa shape index (κ3) is 4.48. The molecule has 0 saturated heterocycles. The highest BCUT2D eigenvalue weighted by Gasteiger charge is 2.12. The van der Waals surface area contributed by atoms with Crippen LogP contribution in [0.4, 0.5) is 17.3 Å². The number of hydrogen-bond acceptors (Lipinski definition) is 6. The highest BCUT2D eigenvalue weighted by Crippen LogP contribution is 2.27. The SMILES string of the molecule is C=CC(=O)Nc1ccc2c(ccn2-c2nc(Nc3ccc(S(C)(=N)=O)cc3)ncc2Cl)c1. The van der Waals surface area contributed by atoms with Gasteiger partial charge in [0.2, 0.25) is 11.9 Å². The van der Waals surface area contributed by atoms with Gasteiger partial charge >= 0.3 is 0 Å². The van der Waals surface area contributed by atoms with Gasteiger partial charge < -0.3 is 10.6 Å². The normalized spacial score (nSPS) is 12.8. The number of anilines is 3. The van der Waals surface area contributed by atoms with Gasteiger partial charge in [-0.3, -0.25) is 9.36 Å². The molecule has 0 aliphatic heterocycles. The molecule has 0 bridgehead atoms. The van der Waals surface area contributed by atoms with Gasteiger partial charge in [-0.25, -0.2) is 14.0 Å². The Labute approximate surface area is 189 Å². The van der Waals surface area contributed by atoms with Crippen LogP contribution in [0.15, 0.2) is 78.5 Å². The van der Waals surface area contributed by atoms with E-state index in [1.54, 1.807) is 30.3 Å². The molecule has 0 spiro atoms. The molecular weight excluding hydrogens is 448 g/mol. The van der Waals surface area contributed by atoms with Crippen LogP contribution in [0.2, 0.25) is 5.02 Å². The van der Waals surface area contributed by atoms with E-state index in [4.69, 9.17) is 16.4 Å². The molecule has 1 amide bonds. The van der Waals surface area contributed by atoms with Gasteiger partial charge in [0, 0.05) is 34.1 Å². The first kappa shape index (κ1) is 21.5.